The van der Waals surface area contributed by atoms with E-state index in [9.17, 15) is 20.0 Å². The van der Waals surface area contributed by atoms with Crippen LogP contribution in [0, 0.1) is 33.9 Å². The fraction of sp³-hybridized carbons (Fsp3) is 0.429. The Morgan fingerprint density at radius 2 is 1.78 bits per heavy atom. The van der Waals surface area contributed by atoms with Gasteiger partial charge in [-0.05, 0) is 30.5 Å². The van der Waals surface area contributed by atoms with Crippen molar-refractivity contribution in [2.24, 2.45) is 5.41 Å². The minimum absolute atomic E-state index is 0.352. The van der Waals surface area contributed by atoms with Crippen LogP contribution in [0.4, 0.5) is 4.39 Å². The average molecular weight is 244 g/mol. The number of nitrogens with zero attached hydrogens (tertiary/aromatic N) is 2. The number of hydrogen-bond acceptors (Lipinski definition) is 3. The molecule has 0 saturated heterocycles. The predicted molar refractivity (Wildman–Crippen MR) is 62.7 cm³/mol. The van der Waals surface area contributed by atoms with Crippen molar-refractivity contribution >= 4 is 0 Å². The van der Waals surface area contributed by atoms with Gasteiger partial charge in [-0.1, -0.05) is 18.6 Å². The lowest BCUT2D eigenvalue weighted by Gasteiger charge is -2.37. The number of rotatable bonds is 1. The highest BCUT2D eigenvalue weighted by Crippen LogP contribution is 2.46. The van der Waals surface area contributed by atoms with E-state index < -0.39 is 11.5 Å². The van der Waals surface area contributed by atoms with Crippen LogP contribution in [-0.2, 0) is 0 Å². The summed E-state index contributed by atoms with van der Waals surface area (Å²) in [7, 11) is 0. The van der Waals surface area contributed by atoms with Crippen molar-refractivity contribution in [3.63, 3.8) is 0 Å². The lowest BCUT2D eigenvalue weighted by molar-refractivity contribution is 0.0442. The van der Waals surface area contributed by atoms with E-state index in [0.29, 0.717) is 12.8 Å². The Labute approximate surface area is 105 Å². The van der Waals surface area contributed by atoms with E-state index >= 15 is 0 Å². The Kier molecular flexibility index (Phi) is 3.32. The molecule has 0 amide bonds. The first-order chi connectivity index (χ1) is 8.64. The van der Waals surface area contributed by atoms with Gasteiger partial charge in [0, 0.05) is 5.92 Å². The summed E-state index contributed by atoms with van der Waals surface area (Å²) in [5, 5.41) is 28.6. The molecule has 2 atom stereocenters. The van der Waals surface area contributed by atoms with Gasteiger partial charge in [0.25, 0.3) is 0 Å². The smallest absolute Gasteiger partial charge is 0.176 e. The molecule has 0 heterocycles. The van der Waals surface area contributed by atoms with Crippen LogP contribution in [0.5, 0.6) is 0 Å². The van der Waals surface area contributed by atoms with Crippen LogP contribution in [-0.4, -0.2) is 11.2 Å². The monoisotopic (exact) mass is 244 g/mol. The molecule has 3 nitrogen and oxygen atoms in total. The van der Waals surface area contributed by atoms with Crippen molar-refractivity contribution in [3.8, 4) is 12.1 Å². The SMILES string of the molecule is N#CC1(C#N)C(O)CCCC1c1ccc(F)cc1. The van der Waals surface area contributed by atoms with Gasteiger partial charge in [-0.2, -0.15) is 10.5 Å². The molecule has 1 saturated carbocycles. The molecule has 1 aliphatic carbocycles. The first-order valence-corrected chi connectivity index (χ1v) is 5.90. The average Bonchev–Trinajstić information content (AvgIpc) is 2.40. The summed E-state index contributed by atoms with van der Waals surface area (Å²) in [6.07, 6.45) is 0.924. The van der Waals surface area contributed by atoms with Gasteiger partial charge < -0.3 is 5.11 Å². The van der Waals surface area contributed by atoms with E-state index in [1.165, 1.54) is 12.1 Å². The van der Waals surface area contributed by atoms with E-state index in [2.05, 4.69) is 0 Å². The summed E-state index contributed by atoms with van der Waals surface area (Å²) in [6, 6.07) is 9.75. The second-order valence-electron chi connectivity index (χ2n) is 4.64. The third-order valence-electron chi connectivity index (χ3n) is 3.69. The van der Waals surface area contributed by atoms with Gasteiger partial charge >= 0.3 is 0 Å². The quantitative estimate of drug-likeness (QED) is 0.825. The van der Waals surface area contributed by atoms with Gasteiger partial charge in [-0.3, -0.25) is 0 Å². The molecular formula is C14H13FN2O. The topological polar surface area (TPSA) is 67.8 Å². The molecule has 1 aromatic rings. The van der Waals surface area contributed by atoms with Crippen molar-refractivity contribution in [1.82, 2.24) is 0 Å². The van der Waals surface area contributed by atoms with Crippen LogP contribution < -0.4 is 0 Å². The largest absolute Gasteiger partial charge is 0.390 e. The van der Waals surface area contributed by atoms with Crippen LogP contribution in [0.3, 0.4) is 0 Å². The molecule has 1 aliphatic rings. The lowest BCUT2D eigenvalue weighted by Crippen LogP contribution is -2.41. The minimum Gasteiger partial charge on any atom is -0.390 e. The number of aliphatic hydroxyl groups is 1. The third kappa shape index (κ3) is 1.85. The Morgan fingerprint density at radius 3 is 2.33 bits per heavy atom. The van der Waals surface area contributed by atoms with Gasteiger partial charge in [0.2, 0.25) is 0 Å². The molecule has 4 heteroatoms. The molecule has 0 radical (unpaired) electrons. The first-order valence-electron chi connectivity index (χ1n) is 5.90. The second kappa shape index (κ2) is 4.76. The highest BCUT2D eigenvalue weighted by atomic mass is 19.1. The van der Waals surface area contributed by atoms with Gasteiger partial charge in [0.05, 0.1) is 18.2 Å². The van der Waals surface area contributed by atoms with E-state index in [1.807, 2.05) is 12.1 Å². The normalized spacial score (nSPS) is 26.0. The third-order valence-corrected chi connectivity index (χ3v) is 3.69. The zero-order chi connectivity index (χ0) is 13.2. The van der Waals surface area contributed by atoms with Crippen LogP contribution >= 0.6 is 0 Å². The lowest BCUT2D eigenvalue weighted by atomic mass is 9.64. The van der Waals surface area contributed by atoms with Gasteiger partial charge in [0.15, 0.2) is 5.41 Å². The molecule has 1 fully saturated rings. The van der Waals surface area contributed by atoms with Crippen molar-refractivity contribution in [3.05, 3.63) is 35.6 Å². The Bertz CT molecular complexity index is 498. The number of halogens is 1. The molecule has 92 valence electrons. The van der Waals surface area contributed by atoms with Crippen LogP contribution in [0.2, 0.25) is 0 Å². The number of benzene rings is 1. The molecule has 1 N–H and O–H groups in total. The fourth-order valence-corrected chi connectivity index (χ4v) is 2.66. The predicted octanol–water partition coefficient (Wildman–Crippen LogP) is 2.49. The van der Waals surface area contributed by atoms with E-state index in [1.54, 1.807) is 12.1 Å². The molecule has 18 heavy (non-hydrogen) atoms. The molecule has 0 spiro atoms. The zero-order valence-corrected chi connectivity index (χ0v) is 9.81. The van der Waals surface area contributed by atoms with Crippen molar-refractivity contribution < 1.29 is 9.50 Å². The van der Waals surface area contributed by atoms with Crippen molar-refractivity contribution in [2.75, 3.05) is 0 Å². The van der Waals surface area contributed by atoms with Gasteiger partial charge in [-0.15, -0.1) is 0 Å². The Balaban J connectivity index is 2.45. The summed E-state index contributed by atoms with van der Waals surface area (Å²) in [6.45, 7) is 0. The van der Waals surface area contributed by atoms with Crippen LogP contribution in [0.25, 0.3) is 0 Å². The highest BCUT2D eigenvalue weighted by molar-refractivity contribution is 5.33. The van der Waals surface area contributed by atoms with Crippen LogP contribution in [0.15, 0.2) is 24.3 Å². The number of hydrogen-bond donors (Lipinski definition) is 1. The van der Waals surface area contributed by atoms with Crippen molar-refractivity contribution in [2.45, 2.75) is 31.3 Å². The number of nitriles is 2. The zero-order valence-electron chi connectivity index (χ0n) is 9.81. The second-order valence-corrected chi connectivity index (χ2v) is 4.64. The van der Waals surface area contributed by atoms with E-state index in [4.69, 9.17) is 0 Å². The highest BCUT2D eigenvalue weighted by Gasteiger charge is 2.49. The van der Waals surface area contributed by atoms with Gasteiger partial charge in [0.1, 0.15) is 5.82 Å². The van der Waals surface area contributed by atoms with Crippen molar-refractivity contribution in [1.29, 1.82) is 10.5 Å². The van der Waals surface area contributed by atoms with E-state index in [0.717, 1.165) is 12.0 Å². The molecular weight excluding hydrogens is 231 g/mol. The maximum atomic E-state index is 12.9. The molecule has 0 aromatic heterocycles. The maximum absolute atomic E-state index is 12.9. The molecule has 1 aromatic carbocycles. The Morgan fingerprint density at radius 1 is 1.17 bits per heavy atom. The molecule has 0 aliphatic heterocycles. The molecule has 2 rings (SSSR count). The number of aliphatic hydroxyl groups excluding tert-OH is 1. The van der Waals surface area contributed by atoms with Gasteiger partial charge in [-0.25, -0.2) is 4.39 Å². The molecule has 0 bridgehead atoms. The standard InChI is InChI=1S/C14H13FN2O/c15-11-6-4-10(5-7-11)12-2-1-3-13(18)14(12,8-16)9-17/h4-7,12-13,18H,1-3H2. The summed E-state index contributed by atoms with van der Waals surface area (Å²) in [5.74, 6) is -0.716. The summed E-state index contributed by atoms with van der Waals surface area (Å²) in [5.41, 5.74) is -0.686. The van der Waals surface area contributed by atoms with E-state index in [-0.39, 0.29) is 11.7 Å². The summed E-state index contributed by atoms with van der Waals surface area (Å²) in [4.78, 5) is 0. The summed E-state index contributed by atoms with van der Waals surface area (Å²) < 4.78 is 12.9. The summed E-state index contributed by atoms with van der Waals surface area (Å²) >= 11 is 0. The van der Waals surface area contributed by atoms with Crippen LogP contribution in [0.1, 0.15) is 30.7 Å². The fourth-order valence-electron chi connectivity index (χ4n) is 2.66. The maximum Gasteiger partial charge on any atom is 0.176 e. The minimum atomic E-state index is -1.42. The Hall–Kier alpha value is -1.91. The first kappa shape index (κ1) is 12.5. The molecule has 2 unspecified atom stereocenters.